The second-order valence-corrected chi connectivity index (χ2v) is 5.05. The second kappa shape index (κ2) is 7.53. The summed E-state index contributed by atoms with van der Waals surface area (Å²) in [5, 5.41) is 2.65. The summed E-state index contributed by atoms with van der Waals surface area (Å²) in [6.07, 6.45) is 1.46. The first-order chi connectivity index (χ1) is 11.0. The summed E-state index contributed by atoms with van der Waals surface area (Å²) < 4.78 is 19.4. The number of hydrogen-bond donors (Lipinski definition) is 1. The highest BCUT2D eigenvalue weighted by molar-refractivity contribution is 5.77. The average molecular weight is 319 g/mol. The number of ether oxygens (including phenoxy) is 1. The van der Waals surface area contributed by atoms with Crippen LogP contribution in [0.5, 0.6) is 5.75 Å². The van der Waals surface area contributed by atoms with Gasteiger partial charge < -0.3 is 10.1 Å². The number of hydrogen-bond acceptors (Lipinski definition) is 4. The van der Waals surface area contributed by atoms with Crippen LogP contribution in [0.3, 0.4) is 0 Å². The largest absolute Gasteiger partial charge is 0.484 e. The summed E-state index contributed by atoms with van der Waals surface area (Å²) in [7, 11) is 0. The number of amides is 1. The molecule has 7 heteroatoms. The maximum absolute atomic E-state index is 12.7. The molecule has 1 aromatic heterocycles. The van der Waals surface area contributed by atoms with Gasteiger partial charge in [0.1, 0.15) is 11.6 Å². The van der Waals surface area contributed by atoms with Crippen LogP contribution in [0, 0.1) is 19.7 Å². The number of carbonyl (C=O) groups excluding carboxylic acids is 1. The molecule has 6 nitrogen and oxygen atoms in total. The molecule has 2 rings (SSSR count). The topological polar surface area (TPSA) is 73.2 Å². The van der Waals surface area contributed by atoms with E-state index in [2.05, 4.69) is 10.3 Å². The van der Waals surface area contributed by atoms with Crippen LogP contribution >= 0.6 is 0 Å². The number of halogens is 1. The fourth-order valence-corrected chi connectivity index (χ4v) is 1.88. The molecule has 0 spiro atoms. The van der Waals surface area contributed by atoms with Gasteiger partial charge in [0.15, 0.2) is 6.61 Å². The van der Waals surface area contributed by atoms with Crippen molar-refractivity contribution in [2.45, 2.75) is 20.4 Å². The SMILES string of the molecule is Cc1ncn(CCNC(=O)COc2ccc(F)cc2)c(=O)c1C. The minimum Gasteiger partial charge on any atom is -0.484 e. The van der Waals surface area contributed by atoms with Crippen molar-refractivity contribution in [2.24, 2.45) is 0 Å². The lowest BCUT2D eigenvalue weighted by Gasteiger charge is -2.09. The van der Waals surface area contributed by atoms with E-state index in [1.54, 1.807) is 13.8 Å². The average Bonchev–Trinajstić information content (AvgIpc) is 2.54. The normalized spacial score (nSPS) is 10.4. The lowest BCUT2D eigenvalue weighted by atomic mass is 10.3. The van der Waals surface area contributed by atoms with Crippen molar-refractivity contribution in [3.8, 4) is 5.75 Å². The first kappa shape index (κ1) is 16.7. The zero-order chi connectivity index (χ0) is 16.8. The number of benzene rings is 1. The Balaban J connectivity index is 1.78. The Morgan fingerprint density at radius 3 is 2.70 bits per heavy atom. The van der Waals surface area contributed by atoms with E-state index in [0.717, 1.165) is 0 Å². The molecule has 1 N–H and O–H groups in total. The van der Waals surface area contributed by atoms with Crippen LogP contribution in [0.25, 0.3) is 0 Å². The lowest BCUT2D eigenvalue weighted by molar-refractivity contribution is -0.123. The monoisotopic (exact) mass is 319 g/mol. The van der Waals surface area contributed by atoms with E-state index in [1.165, 1.54) is 35.2 Å². The molecule has 0 unspecified atom stereocenters. The minimum atomic E-state index is -0.366. The maximum Gasteiger partial charge on any atom is 0.258 e. The molecule has 0 aliphatic heterocycles. The third kappa shape index (κ3) is 4.64. The molecule has 1 aromatic carbocycles. The smallest absolute Gasteiger partial charge is 0.258 e. The summed E-state index contributed by atoms with van der Waals surface area (Å²) >= 11 is 0. The number of rotatable bonds is 6. The number of carbonyl (C=O) groups is 1. The fourth-order valence-electron chi connectivity index (χ4n) is 1.88. The molecule has 0 bridgehead atoms. The van der Waals surface area contributed by atoms with Gasteiger partial charge in [0.05, 0.1) is 6.33 Å². The standard InChI is InChI=1S/C16H18FN3O3/c1-11-12(2)19-10-20(16(11)22)8-7-18-15(21)9-23-14-5-3-13(17)4-6-14/h3-6,10H,7-9H2,1-2H3,(H,18,21). The zero-order valence-electron chi connectivity index (χ0n) is 13.0. The third-order valence-electron chi connectivity index (χ3n) is 3.37. The third-order valence-corrected chi connectivity index (χ3v) is 3.37. The molecule has 23 heavy (non-hydrogen) atoms. The van der Waals surface area contributed by atoms with Crippen LogP contribution in [0.2, 0.25) is 0 Å². The van der Waals surface area contributed by atoms with Crippen molar-refractivity contribution < 1.29 is 13.9 Å². The number of aryl methyl sites for hydroxylation is 1. The van der Waals surface area contributed by atoms with Gasteiger partial charge in [-0.25, -0.2) is 9.37 Å². The highest BCUT2D eigenvalue weighted by Gasteiger charge is 2.05. The first-order valence-corrected chi connectivity index (χ1v) is 7.15. The van der Waals surface area contributed by atoms with Crippen LogP contribution in [0.4, 0.5) is 4.39 Å². The van der Waals surface area contributed by atoms with Gasteiger partial charge in [-0.2, -0.15) is 0 Å². The fraction of sp³-hybridized carbons (Fsp3) is 0.312. The Labute approximate surface area is 132 Å². The Morgan fingerprint density at radius 1 is 1.30 bits per heavy atom. The van der Waals surface area contributed by atoms with E-state index in [4.69, 9.17) is 4.74 Å². The van der Waals surface area contributed by atoms with E-state index in [-0.39, 0.29) is 30.4 Å². The highest BCUT2D eigenvalue weighted by atomic mass is 19.1. The second-order valence-electron chi connectivity index (χ2n) is 5.05. The van der Waals surface area contributed by atoms with Gasteiger partial charge in [-0.15, -0.1) is 0 Å². The van der Waals surface area contributed by atoms with Crippen LogP contribution in [-0.4, -0.2) is 28.6 Å². The molecular weight excluding hydrogens is 301 g/mol. The predicted octanol–water partition coefficient (Wildman–Crippen LogP) is 1.19. The van der Waals surface area contributed by atoms with Crippen molar-refractivity contribution in [3.05, 3.63) is 58.0 Å². The Kier molecular flexibility index (Phi) is 5.46. The maximum atomic E-state index is 12.7. The van der Waals surface area contributed by atoms with Gasteiger partial charge in [-0.3, -0.25) is 14.2 Å². The Morgan fingerprint density at radius 2 is 2.00 bits per heavy atom. The van der Waals surface area contributed by atoms with Crippen LogP contribution in [0.15, 0.2) is 35.4 Å². The van der Waals surface area contributed by atoms with Crippen molar-refractivity contribution in [1.82, 2.24) is 14.9 Å². The van der Waals surface area contributed by atoms with Crippen LogP contribution < -0.4 is 15.6 Å². The van der Waals surface area contributed by atoms with E-state index >= 15 is 0 Å². The molecule has 1 amide bonds. The predicted molar refractivity (Wildman–Crippen MR) is 82.9 cm³/mol. The Hall–Kier alpha value is -2.70. The molecular formula is C16H18FN3O3. The van der Waals surface area contributed by atoms with E-state index in [9.17, 15) is 14.0 Å². The Bertz CT molecular complexity index is 741. The van der Waals surface area contributed by atoms with Crippen molar-refractivity contribution in [3.63, 3.8) is 0 Å². The molecule has 0 aliphatic carbocycles. The van der Waals surface area contributed by atoms with Crippen LogP contribution in [0.1, 0.15) is 11.3 Å². The quantitative estimate of drug-likeness (QED) is 0.868. The molecule has 1 heterocycles. The van der Waals surface area contributed by atoms with Gasteiger partial charge in [-0.05, 0) is 38.1 Å². The number of nitrogens with zero attached hydrogens (tertiary/aromatic N) is 2. The summed E-state index contributed by atoms with van der Waals surface area (Å²) in [6.45, 7) is 3.93. The summed E-state index contributed by atoms with van der Waals surface area (Å²) in [5.41, 5.74) is 1.18. The van der Waals surface area contributed by atoms with E-state index in [1.807, 2.05) is 0 Å². The molecule has 0 atom stereocenters. The number of aromatic nitrogens is 2. The molecule has 0 fully saturated rings. The summed E-state index contributed by atoms with van der Waals surface area (Å²) in [6, 6.07) is 5.41. The number of nitrogens with one attached hydrogen (secondary N) is 1. The first-order valence-electron chi connectivity index (χ1n) is 7.15. The zero-order valence-corrected chi connectivity index (χ0v) is 13.0. The highest BCUT2D eigenvalue weighted by Crippen LogP contribution is 2.10. The van der Waals surface area contributed by atoms with Gasteiger partial charge in [0.2, 0.25) is 0 Å². The van der Waals surface area contributed by atoms with E-state index < -0.39 is 0 Å². The molecule has 0 aliphatic rings. The lowest BCUT2D eigenvalue weighted by Crippen LogP contribution is -2.34. The van der Waals surface area contributed by atoms with Crippen molar-refractivity contribution in [2.75, 3.05) is 13.2 Å². The van der Waals surface area contributed by atoms with Gasteiger partial charge in [0, 0.05) is 24.3 Å². The summed E-state index contributed by atoms with van der Waals surface area (Å²) in [4.78, 5) is 27.7. The van der Waals surface area contributed by atoms with Crippen molar-refractivity contribution >= 4 is 5.91 Å². The molecule has 0 radical (unpaired) electrons. The molecule has 122 valence electrons. The minimum absolute atomic E-state index is 0.116. The molecule has 0 saturated carbocycles. The van der Waals surface area contributed by atoms with Crippen LogP contribution in [-0.2, 0) is 11.3 Å². The summed E-state index contributed by atoms with van der Waals surface area (Å²) in [5.74, 6) is -0.274. The van der Waals surface area contributed by atoms with Gasteiger partial charge >= 0.3 is 0 Å². The molecule has 0 saturated heterocycles. The van der Waals surface area contributed by atoms with Gasteiger partial charge in [0.25, 0.3) is 11.5 Å². The van der Waals surface area contributed by atoms with E-state index in [0.29, 0.717) is 23.6 Å². The van der Waals surface area contributed by atoms with Gasteiger partial charge in [-0.1, -0.05) is 0 Å². The van der Waals surface area contributed by atoms with Crippen molar-refractivity contribution in [1.29, 1.82) is 0 Å². The molecule has 2 aromatic rings.